The average molecular weight is 285 g/mol. The van der Waals surface area contributed by atoms with E-state index in [-0.39, 0.29) is 0 Å². The first-order valence-corrected chi connectivity index (χ1v) is 7.57. The first-order valence-electron chi connectivity index (χ1n) is 7.57. The third kappa shape index (κ3) is 3.27. The summed E-state index contributed by atoms with van der Waals surface area (Å²) in [4.78, 5) is 6.86. The lowest BCUT2D eigenvalue weighted by Gasteiger charge is -2.15. The molecular weight excluding hydrogens is 264 g/mol. The Kier molecular flexibility index (Phi) is 4.55. The van der Waals surface area contributed by atoms with Gasteiger partial charge in [0.05, 0.1) is 13.7 Å². The van der Waals surface area contributed by atoms with Gasteiger partial charge in [0.2, 0.25) is 0 Å². The van der Waals surface area contributed by atoms with E-state index < -0.39 is 0 Å². The lowest BCUT2D eigenvalue weighted by atomic mass is 10.2. The largest absolute Gasteiger partial charge is 0.491 e. The quantitative estimate of drug-likeness (QED) is 0.764. The van der Waals surface area contributed by atoms with Crippen LogP contribution in [0.5, 0.6) is 11.5 Å². The van der Waals surface area contributed by atoms with Crippen molar-refractivity contribution in [3.8, 4) is 11.5 Å². The van der Waals surface area contributed by atoms with Crippen molar-refractivity contribution in [2.75, 3.05) is 33.4 Å². The summed E-state index contributed by atoms with van der Waals surface area (Å²) in [5, 5.41) is 0.943. The van der Waals surface area contributed by atoms with E-state index >= 15 is 0 Å². The summed E-state index contributed by atoms with van der Waals surface area (Å²) in [5.41, 5.74) is 0.803. The highest BCUT2D eigenvalue weighted by Crippen LogP contribution is 2.33. The van der Waals surface area contributed by atoms with E-state index in [0.29, 0.717) is 12.4 Å². The van der Waals surface area contributed by atoms with Gasteiger partial charge in [0.1, 0.15) is 5.52 Å². The molecule has 0 unspecified atom stereocenters. The van der Waals surface area contributed by atoms with Crippen LogP contribution in [0.2, 0.25) is 0 Å². The molecule has 1 saturated heterocycles. The molecule has 0 amide bonds. The molecule has 4 nitrogen and oxygen atoms in total. The number of rotatable bonds is 6. The van der Waals surface area contributed by atoms with Crippen molar-refractivity contribution in [3.05, 3.63) is 30.5 Å². The predicted octanol–water partition coefficient (Wildman–Crippen LogP) is 2.91. The number of hydrogen-bond acceptors (Lipinski definition) is 4. The van der Waals surface area contributed by atoms with Crippen molar-refractivity contribution in [2.45, 2.75) is 19.3 Å². The first-order chi connectivity index (χ1) is 10.4. The van der Waals surface area contributed by atoms with Crippen LogP contribution in [0.1, 0.15) is 19.3 Å². The van der Waals surface area contributed by atoms with Gasteiger partial charge in [-0.15, -0.1) is 0 Å². The normalized spacial score (nSPS) is 15.5. The number of nitrogens with zero attached hydrogens (tertiary/aromatic N) is 2. The van der Waals surface area contributed by atoms with Crippen LogP contribution in [-0.4, -0.2) is 43.2 Å². The highest BCUT2D eigenvalue weighted by Gasteiger charge is 2.12. The first kappa shape index (κ1) is 14.1. The third-order valence-corrected chi connectivity index (χ3v) is 3.89. The molecule has 111 valence electrons. The average Bonchev–Trinajstić information content (AvgIpc) is 3.04. The second-order valence-corrected chi connectivity index (χ2v) is 5.33. The highest BCUT2D eigenvalue weighted by molar-refractivity contribution is 5.86. The van der Waals surface area contributed by atoms with E-state index in [4.69, 9.17) is 9.47 Å². The second kappa shape index (κ2) is 6.76. The Morgan fingerprint density at radius 3 is 2.95 bits per heavy atom. The van der Waals surface area contributed by atoms with Gasteiger partial charge in [0.15, 0.2) is 11.5 Å². The summed E-state index contributed by atoms with van der Waals surface area (Å²) in [6.07, 6.45) is 5.43. The van der Waals surface area contributed by atoms with Crippen molar-refractivity contribution >= 4 is 10.9 Å². The van der Waals surface area contributed by atoms with Crippen LogP contribution < -0.4 is 9.47 Å². The van der Waals surface area contributed by atoms with Gasteiger partial charge in [-0.1, -0.05) is 0 Å². The van der Waals surface area contributed by atoms with Gasteiger partial charge in [-0.25, -0.2) is 0 Å². The van der Waals surface area contributed by atoms with Crippen LogP contribution in [0, 0.1) is 6.07 Å². The molecule has 0 aliphatic carbocycles. The number of aromatic nitrogens is 1. The topological polar surface area (TPSA) is 34.6 Å². The Bertz CT molecular complexity index is 594. The van der Waals surface area contributed by atoms with E-state index in [9.17, 15) is 0 Å². The Hall–Kier alpha value is -1.81. The van der Waals surface area contributed by atoms with Crippen LogP contribution in [0.4, 0.5) is 0 Å². The van der Waals surface area contributed by atoms with Crippen LogP contribution in [-0.2, 0) is 0 Å². The number of pyridine rings is 1. The monoisotopic (exact) mass is 285 g/mol. The minimum atomic E-state index is 0.700. The maximum absolute atomic E-state index is 5.89. The van der Waals surface area contributed by atoms with Gasteiger partial charge in [-0.05, 0) is 56.6 Å². The fourth-order valence-electron chi connectivity index (χ4n) is 2.82. The zero-order chi connectivity index (χ0) is 14.5. The smallest absolute Gasteiger partial charge is 0.187 e. The molecule has 0 atom stereocenters. The van der Waals surface area contributed by atoms with Crippen LogP contribution >= 0.6 is 0 Å². The zero-order valence-corrected chi connectivity index (χ0v) is 12.5. The molecule has 0 N–H and O–H groups in total. The SMILES string of the molecule is COc1c(OCCCN2CCCC2)ccc2[c]ccnc12. The van der Waals surface area contributed by atoms with Gasteiger partial charge in [0.25, 0.3) is 0 Å². The number of likely N-dealkylation sites (tertiary alicyclic amines) is 1. The molecule has 0 bridgehead atoms. The molecule has 1 aromatic heterocycles. The molecule has 1 aromatic carbocycles. The Morgan fingerprint density at radius 1 is 1.29 bits per heavy atom. The number of methoxy groups -OCH3 is 1. The Balaban J connectivity index is 1.63. The Morgan fingerprint density at radius 2 is 2.14 bits per heavy atom. The summed E-state index contributed by atoms with van der Waals surface area (Å²) in [6.45, 7) is 4.29. The molecule has 1 aliphatic rings. The van der Waals surface area contributed by atoms with E-state index in [1.807, 2.05) is 12.1 Å². The standard InChI is InChI=1S/C17H21N2O2/c1-20-17-15(8-7-14-6-4-9-18-16(14)17)21-13-5-12-19-10-2-3-11-19/h4,7-9H,2-3,5,10-13H2,1H3. The zero-order valence-electron chi connectivity index (χ0n) is 12.5. The number of benzene rings is 1. The fraction of sp³-hybridized carbons (Fsp3) is 0.471. The summed E-state index contributed by atoms with van der Waals surface area (Å²) in [6, 6.07) is 8.87. The van der Waals surface area contributed by atoms with E-state index in [0.717, 1.165) is 29.6 Å². The molecule has 21 heavy (non-hydrogen) atoms. The minimum Gasteiger partial charge on any atom is -0.491 e. The van der Waals surface area contributed by atoms with Gasteiger partial charge >= 0.3 is 0 Å². The van der Waals surface area contributed by atoms with Gasteiger partial charge in [-0.2, -0.15) is 0 Å². The van der Waals surface area contributed by atoms with Crippen LogP contribution in [0.25, 0.3) is 10.9 Å². The second-order valence-electron chi connectivity index (χ2n) is 5.33. The third-order valence-electron chi connectivity index (χ3n) is 3.89. The molecule has 0 saturated carbocycles. The molecule has 1 radical (unpaired) electrons. The number of hydrogen-bond donors (Lipinski definition) is 0. The Labute approximate surface area is 125 Å². The molecule has 3 rings (SSSR count). The van der Waals surface area contributed by atoms with E-state index in [1.165, 1.54) is 25.9 Å². The van der Waals surface area contributed by atoms with Crippen molar-refractivity contribution in [1.29, 1.82) is 0 Å². The van der Waals surface area contributed by atoms with Gasteiger partial charge in [-0.3, -0.25) is 4.98 Å². The maximum Gasteiger partial charge on any atom is 0.187 e. The van der Waals surface area contributed by atoms with Crippen molar-refractivity contribution in [3.63, 3.8) is 0 Å². The van der Waals surface area contributed by atoms with Crippen molar-refractivity contribution in [2.24, 2.45) is 0 Å². The van der Waals surface area contributed by atoms with Gasteiger partial charge in [0, 0.05) is 18.1 Å². The number of fused-ring (bicyclic) bond motifs is 1. The highest BCUT2D eigenvalue weighted by atomic mass is 16.5. The van der Waals surface area contributed by atoms with E-state index in [2.05, 4.69) is 16.0 Å². The molecule has 0 spiro atoms. The molecule has 1 aliphatic heterocycles. The molecule has 1 fully saturated rings. The van der Waals surface area contributed by atoms with Crippen LogP contribution in [0.3, 0.4) is 0 Å². The summed E-state index contributed by atoms with van der Waals surface area (Å²) < 4.78 is 11.4. The van der Waals surface area contributed by atoms with Gasteiger partial charge < -0.3 is 14.4 Å². The lowest BCUT2D eigenvalue weighted by molar-refractivity contribution is 0.255. The lowest BCUT2D eigenvalue weighted by Crippen LogP contribution is -2.21. The van der Waals surface area contributed by atoms with Crippen molar-refractivity contribution < 1.29 is 9.47 Å². The maximum atomic E-state index is 5.89. The summed E-state index contributed by atoms with van der Waals surface area (Å²) in [5.74, 6) is 1.46. The minimum absolute atomic E-state index is 0.700. The number of ether oxygens (including phenoxy) is 2. The van der Waals surface area contributed by atoms with E-state index in [1.54, 1.807) is 19.4 Å². The molecule has 2 heterocycles. The fourth-order valence-corrected chi connectivity index (χ4v) is 2.82. The summed E-state index contributed by atoms with van der Waals surface area (Å²) in [7, 11) is 1.65. The van der Waals surface area contributed by atoms with Crippen LogP contribution in [0.15, 0.2) is 24.4 Å². The predicted molar refractivity (Wildman–Crippen MR) is 82.9 cm³/mol. The summed E-state index contributed by atoms with van der Waals surface area (Å²) >= 11 is 0. The molecule has 4 heteroatoms. The molecule has 2 aromatic rings. The van der Waals surface area contributed by atoms with Crippen molar-refractivity contribution in [1.82, 2.24) is 9.88 Å². The molecular formula is C17H21N2O2.